The van der Waals surface area contributed by atoms with Gasteiger partial charge in [0.1, 0.15) is 5.84 Å². The van der Waals surface area contributed by atoms with Gasteiger partial charge in [-0.3, -0.25) is 9.63 Å². The average Bonchev–Trinajstić information content (AvgIpc) is 2.80. The molecule has 0 aliphatic carbocycles. The first-order valence-corrected chi connectivity index (χ1v) is 11.0. The number of carboxylic acid groups (broad SMARTS) is 1. The Morgan fingerprint density at radius 3 is 2.76 bits per heavy atom. The molecule has 12 heteroatoms. The highest BCUT2D eigenvalue weighted by Gasteiger charge is 2.23. The van der Waals surface area contributed by atoms with E-state index in [1.54, 1.807) is 6.08 Å². The van der Waals surface area contributed by atoms with Crippen molar-refractivity contribution in [3.05, 3.63) is 29.3 Å². The lowest BCUT2D eigenvalue weighted by Gasteiger charge is -2.22. The molecule has 0 radical (unpaired) electrons. The van der Waals surface area contributed by atoms with Crippen LogP contribution in [0.4, 0.5) is 10.5 Å². The summed E-state index contributed by atoms with van der Waals surface area (Å²) in [4.78, 5) is 32.9. The maximum atomic E-state index is 12.9. The monoisotopic (exact) mass is 444 g/mol. The first kappa shape index (κ1) is 22.7. The van der Waals surface area contributed by atoms with Crippen LogP contribution in [0.3, 0.4) is 0 Å². The Kier molecular flexibility index (Phi) is 7.59. The number of hydrogen-bond donors (Lipinski definition) is 3. The number of amides is 2. The van der Waals surface area contributed by atoms with Gasteiger partial charge in [-0.05, 0) is 24.6 Å². The molecule has 2 rings (SSSR count). The third-order valence-corrected chi connectivity index (χ3v) is 5.15. The van der Waals surface area contributed by atoms with Gasteiger partial charge in [0.25, 0.3) is 15.0 Å². The van der Waals surface area contributed by atoms with Crippen molar-refractivity contribution >= 4 is 49.3 Å². The first-order chi connectivity index (χ1) is 13.6. The van der Waals surface area contributed by atoms with Crippen LogP contribution in [0.2, 0.25) is 0 Å². The molecule has 1 aliphatic heterocycles. The normalized spacial score (nSPS) is 13.6. The summed E-state index contributed by atoms with van der Waals surface area (Å²) in [5.74, 6) is -0.321. The standard InChI is InChI=1S/C17H21ClN4O6S/c1-2-6-22(28-7-5-20-17(24)25)16(23)12-8-11-3-4-13(29(18,26)27)10-14(11)21-15(19)9-12/h3-4,8,10,20H,2,5-7,9H2,1H3,(H2,19,21)(H,24,25). The number of nitrogens with one attached hydrogen (secondary N) is 1. The van der Waals surface area contributed by atoms with Gasteiger partial charge in [-0.15, -0.1) is 0 Å². The van der Waals surface area contributed by atoms with E-state index in [0.717, 1.165) is 5.06 Å². The quantitative estimate of drug-likeness (QED) is 0.314. The molecule has 1 aromatic carbocycles. The topological polar surface area (TPSA) is 151 Å². The Labute approximate surface area is 172 Å². The van der Waals surface area contributed by atoms with Crippen molar-refractivity contribution in [2.75, 3.05) is 19.7 Å². The van der Waals surface area contributed by atoms with Crippen molar-refractivity contribution in [1.82, 2.24) is 10.4 Å². The Bertz CT molecular complexity index is 961. The van der Waals surface area contributed by atoms with Gasteiger partial charge in [0.15, 0.2) is 0 Å². The molecular formula is C17H21ClN4O6S. The summed E-state index contributed by atoms with van der Waals surface area (Å²) in [6, 6.07) is 4.09. The van der Waals surface area contributed by atoms with E-state index in [2.05, 4.69) is 10.3 Å². The molecule has 0 saturated heterocycles. The van der Waals surface area contributed by atoms with Crippen LogP contribution in [-0.4, -0.2) is 56.1 Å². The summed E-state index contributed by atoms with van der Waals surface area (Å²) >= 11 is 0. The van der Waals surface area contributed by atoms with Crippen LogP contribution >= 0.6 is 10.7 Å². The Morgan fingerprint density at radius 1 is 1.41 bits per heavy atom. The van der Waals surface area contributed by atoms with Crippen LogP contribution in [0.5, 0.6) is 0 Å². The molecule has 0 aromatic heterocycles. The summed E-state index contributed by atoms with van der Waals surface area (Å²) in [5.41, 5.74) is 6.98. The van der Waals surface area contributed by atoms with Crippen molar-refractivity contribution in [1.29, 1.82) is 0 Å². The zero-order valence-corrected chi connectivity index (χ0v) is 17.2. The minimum atomic E-state index is -3.94. The van der Waals surface area contributed by atoms with E-state index in [1.165, 1.54) is 18.2 Å². The maximum Gasteiger partial charge on any atom is 0.404 e. The molecule has 10 nitrogen and oxygen atoms in total. The molecule has 158 valence electrons. The van der Waals surface area contributed by atoms with Gasteiger partial charge in [0.05, 0.1) is 17.2 Å². The second-order valence-corrected chi connectivity index (χ2v) is 8.65. The van der Waals surface area contributed by atoms with Crippen LogP contribution in [0, 0.1) is 0 Å². The van der Waals surface area contributed by atoms with Crippen molar-refractivity contribution in [2.24, 2.45) is 10.7 Å². The largest absolute Gasteiger partial charge is 0.465 e. The van der Waals surface area contributed by atoms with Gasteiger partial charge in [-0.2, -0.15) is 0 Å². The number of hydroxylamine groups is 2. The fraction of sp³-hybridized carbons (Fsp3) is 0.353. The lowest BCUT2D eigenvalue weighted by Crippen LogP contribution is -2.36. The molecule has 4 N–H and O–H groups in total. The van der Waals surface area contributed by atoms with Crippen LogP contribution < -0.4 is 11.1 Å². The molecule has 0 fully saturated rings. The number of hydrogen-bond acceptors (Lipinski definition) is 7. The number of aliphatic imine (C=N–C) groups is 1. The lowest BCUT2D eigenvalue weighted by molar-refractivity contribution is -0.181. The highest BCUT2D eigenvalue weighted by atomic mass is 35.7. The predicted molar refractivity (Wildman–Crippen MR) is 107 cm³/mol. The van der Waals surface area contributed by atoms with Gasteiger partial charge in [-0.1, -0.05) is 13.0 Å². The van der Waals surface area contributed by atoms with Crippen LogP contribution in [0.15, 0.2) is 33.7 Å². The number of rotatable bonds is 8. The number of halogens is 1. The van der Waals surface area contributed by atoms with Gasteiger partial charge < -0.3 is 16.2 Å². The predicted octanol–water partition coefficient (Wildman–Crippen LogP) is 1.83. The number of nitrogens with zero attached hydrogens (tertiary/aromatic N) is 2. The molecule has 29 heavy (non-hydrogen) atoms. The number of nitrogens with two attached hydrogens (primary N) is 1. The molecule has 0 saturated carbocycles. The van der Waals surface area contributed by atoms with E-state index in [0.29, 0.717) is 17.6 Å². The number of carbonyl (C=O) groups is 2. The number of carbonyl (C=O) groups excluding carboxylic acids is 1. The van der Waals surface area contributed by atoms with E-state index in [9.17, 15) is 18.0 Å². The molecule has 1 aromatic rings. The third kappa shape index (κ3) is 6.44. The summed E-state index contributed by atoms with van der Waals surface area (Å²) in [7, 11) is 1.43. The Hall–Kier alpha value is -2.63. The van der Waals surface area contributed by atoms with E-state index in [1.807, 2.05) is 6.92 Å². The summed E-state index contributed by atoms with van der Waals surface area (Å²) in [6.45, 7) is 2.14. The highest BCUT2D eigenvalue weighted by molar-refractivity contribution is 8.13. The summed E-state index contributed by atoms with van der Waals surface area (Å²) in [6.07, 6.45) is 1.02. The highest BCUT2D eigenvalue weighted by Crippen LogP contribution is 2.30. The van der Waals surface area contributed by atoms with E-state index < -0.39 is 21.1 Å². The summed E-state index contributed by atoms with van der Waals surface area (Å²) < 4.78 is 23.1. The molecule has 0 bridgehead atoms. The number of amidine groups is 1. The van der Waals surface area contributed by atoms with Crippen molar-refractivity contribution < 1.29 is 28.0 Å². The lowest BCUT2D eigenvalue weighted by atomic mass is 10.1. The fourth-order valence-corrected chi connectivity index (χ4v) is 3.33. The molecule has 2 amide bonds. The second-order valence-electron chi connectivity index (χ2n) is 6.08. The fourth-order valence-electron chi connectivity index (χ4n) is 2.56. The van der Waals surface area contributed by atoms with Gasteiger partial charge in [-0.25, -0.2) is 23.3 Å². The van der Waals surface area contributed by atoms with Crippen LogP contribution in [0.1, 0.15) is 25.3 Å². The SMILES string of the molecule is CCCN(OCCNC(=O)O)C(=O)C1=Cc2ccc(S(=O)(=O)Cl)cc2N=C(N)C1. The van der Waals surface area contributed by atoms with Crippen LogP contribution in [-0.2, 0) is 18.7 Å². The summed E-state index contributed by atoms with van der Waals surface area (Å²) in [5, 5.41) is 11.9. The minimum absolute atomic E-state index is 0.0178. The zero-order chi connectivity index (χ0) is 21.6. The third-order valence-electron chi connectivity index (χ3n) is 3.80. The van der Waals surface area contributed by atoms with Gasteiger partial charge in [0, 0.05) is 41.3 Å². The van der Waals surface area contributed by atoms with Crippen molar-refractivity contribution in [2.45, 2.75) is 24.7 Å². The van der Waals surface area contributed by atoms with Crippen molar-refractivity contribution in [3.63, 3.8) is 0 Å². The Balaban J connectivity index is 2.27. The molecule has 1 heterocycles. The molecule has 0 unspecified atom stereocenters. The smallest absolute Gasteiger partial charge is 0.404 e. The zero-order valence-electron chi connectivity index (χ0n) is 15.6. The molecule has 0 atom stereocenters. The minimum Gasteiger partial charge on any atom is -0.465 e. The Morgan fingerprint density at radius 2 is 2.14 bits per heavy atom. The molecular weight excluding hydrogens is 424 g/mol. The van der Waals surface area contributed by atoms with E-state index in [-0.39, 0.29) is 42.5 Å². The van der Waals surface area contributed by atoms with Gasteiger partial charge >= 0.3 is 6.09 Å². The van der Waals surface area contributed by atoms with E-state index >= 15 is 0 Å². The van der Waals surface area contributed by atoms with Crippen LogP contribution in [0.25, 0.3) is 6.08 Å². The van der Waals surface area contributed by atoms with E-state index in [4.69, 9.17) is 26.4 Å². The van der Waals surface area contributed by atoms with Crippen molar-refractivity contribution in [3.8, 4) is 0 Å². The maximum absolute atomic E-state index is 12.9. The van der Waals surface area contributed by atoms with Gasteiger partial charge in [0.2, 0.25) is 0 Å². The second kappa shape index (κ2) is 9.72. The first-order valence-electron chi connectivity index (χ1n) is 8.65. The molecule has 1 aliphatic rings. The number of benzene rings is 1. The average molecular weight is 445 g/mol. The molecule has 0 spiro atoms. The number of fused-ring (bicyclic) bond motifs is 1.